The van der Waals surface area contributed by atoms with Crippen LogP contribution < -0.4 is 0 Å². The Labute approximate surface area is 108 Å². The van der Waals surface area contributed by atoms with Crippen molar-refractivity contribution >= 4 is 5.97 Å². The largest absolute Gasteiger partial charge is 0.481 e. The summed E-state index contributed by atoms with van der Waals surface area (Å²) in [4.78, 5) is 18.2. The van der Waals surface area contributed by atoms with E-state index in [9.17, 15) is 4.79 Å². The smallest absolute Gasteiger partial charge is 0.307 e. The third-order valence-corrected chi connectivity index (χ3v) is 4.88. The number of piperidine rings is 1. The molecule has 5 heteroatoms. The van der Waals surface area contributed by atoms with Gasteiger partial charge < -0.3 is 14.9 Å². The highest BCUT2D eigenvalue weighted by atomic mass is 16.4. The standard InChI is InChI=1S/C13H23N3O2/c1-14-2-4-15(5-3-14)6-7-16-8-10-11(9-16)12(10)13(17)18/h10-12H,2-9H2,1H3,(H,17,18). The number of likely N-dealkylation sites (N-methyl/N-ethyl adjacent to an activating group) is 1. The van der Waals surface area contributed by atoms with Crippen molar-refractivity contribution in [3.05, 3.63) is 0 Å². The lowest BCUT2D eigenvalue weighted by atomic mass is 10.2. The van der Waals surface area contributed by atoms with Crippen molar-refractivity contribution in [3.8, 4) is 0 Å². The van der Waals surface area contributed by atoms with Crippen molar-refractivity contribution < 1.29 is 9.90 Å². The summed E-state index contributed by atoms with van der Waals surface area (Å²) >= 11 is 0. The Morgan fingerprint density at radius 2 is 1.61 bits per heavy atom. The van der Waals surface area contributed by atoms with Crippen LogP contribution in [0.15, 0.2) is 0 Å². The second-order valence-electron chi connectivity index (χ2n) is 6.10. The van der Waals surface area contributed by atoms with Crippen molar-refractivity contribution in [1.29, 1.82) is 0 Å². The van der Waals surface area contributed by atoms with Gasteiger partial charge in [-0.2, -0.15) is 0 Å². The number of carboxylic acids is 1. The summed E-state index contributed by atoms with van der Waals surface area (Å²) in [6, 6.07) is 0. The van der Waals surface area contributed by atoms with Gasteiger partial charge in [0.15, 0.2) is 0 Å². The molecule has 0 amide bonds. The summed E-state index contributed by atoms with van der Waals surface area (Å²) in [6.07, 6.45) is 0. The molecule has 3 rings (SSSR count). The third kappa shape index (κ3) is 2.39. The van der Waals surface area contributed by atoms with Crippen molar-refractivity contribution in [3.63, 3.8) is 0 Å². The summed E-state index contributed by atoms with van der Waals surface area (Å²) in [5.41, 5.74) is 0. The molecule has 1 aliphatic carbocycles. The molecule has 3 fully saturated rings. The van der Waals surface area contributed by atoms with Gasteiger partial charge in [-0.3, -0.25) is 9.69 Å². The Bertz CT molecular complexity index is 316. The molecule has 0 aromatic carbocycles. The number of hydrogen-bond donors (Lipinski definition) is 1. The SMILES string of the molecule is CN1CCN(CCN2CC3C(C2)C3C(=O)O)CC1. The fourth-order valence-electron chi connectivity index (χ4n) is 3.52. The van der Waals surface area contributed by atoms with Crippen LogP contribution in [0.4, 0.5) is 0 Å². The average molecular weight is 253 g/mol. The molecule has 3 aliphatic rings. The van der Waals surface area contributed by atoms with Crippen LogP contribution in [0, 0.1) is 17.8 Å². The maximum Gasteiger partial charge on any atom is 0.307 e. The van der Waals surface area contributed by atoms with Gasteiger partial charge in [0.05, 0.1) is 5.92 Å². The van der Waals surface area contributed by atoms with Crippen LogP contribution in [0.2, 0.25) is 0 Å². The zero-order chi connectivity index (χ0) is 12.7. The maximum absolute atomic E-state index is 10.9. The number of fused-ring (bicyclic) bond motifs is 1. The van der Waals surface area contributed by atoms with E-state index >= 15 is 0 Å². The quantitative estimate of drug-likeness (QED) is 0.732. The lowest BCUT2D eigenvalue weighted by molar-refractivity contribution is -0.139. The molecule has 2 heterocycles. The van der Waals surface area contributed by atoms with Crippen molar-refractivity contribution in [2.24, 2.45) is 17.8 Å². The lowest BCUT2D eigenvalue weighted by Gasteiger charge is -2.33. The van der Waals surface area contributed by atoms with Crippen molar-refractivity contribution in [2.75, 3.05) is 59.4 Å². The molecule has 0 bridgehead atoms. The number of hydrogen-bond acceptors (Lipinski definition) is 4. The zero-order valence-electron chi connectivity index (χ0n) is 11.1. The van der Waals surface area contributed by atoms with Crippen LogP contribution in [-0.4, -0.2) is 85.2 Å². The minimum absolute atomic E-state index is 0.0233. The van der Waals surface area contributed by atoms with Gasteiger partial charge in [0.1, 0.15) is 0 Å². The Morgan fingerprint density at radius 3 is 2.17 bits per heavy atom. The summed E-state index contributed by atoms with van der Waals surface area (Å²) in [6.45, 7) is 8.97. The van der Waals surface area contributed by atoms with E-state index in [4.69, 9.17) is 5.11 Å². The highest BCUT2D eigenvalue weighted by Crippen LogP contribution is 2.51. The molecule has 2 unspecified atom stereocenters. The van der Waals surface area contributed by atoms with Gasteiger partial charge in [-0.1, -0.05) is 0 Å². The molecule has 0 aromatic heterocycles. The first-order valence-electron chi connectivity index (χ1n) is 7.01. The van der Waals surface area contributed by atoms with Crippen LogP contribution in [0.1, 0.15) is 0 Å². The highest BCUT2D eigenvalue weighted by molar-refractivity contribution is 5.74. The molecular weight excluding hydrogens is 230 g/mol. The number of aliphatic carboxylic acids is 1. The fraction of sp³-hybridized carbons (Fsp3) is 0.923. The molecule has 2 atom stereocenters. The monoisotopic (exact) mass is 253 g/mol. The lowest BCUT2D eigenvalue weighted by Crippen LogP contribution is -2.47. The van der Waals surface area contributed by atoms with Gasteiger partial charge in [0.2, 0.25) is 0 Å². The molecule has 2 aliphatic heterocycles. The van der Waals surface area contributed by atoms with Gasteiger partial charge in [0.25, 0.3) is 0 Å². The van der Waals surface area contributed by atoms with E-state index in [0.29, 0.717) is 11.8 Å². The first-order valence-corrected chi connectivity index (χ1v) is 7.01. The van der Waals surface area contributed by atoms with Crippen LogP contribution in [0.5, 0.6) is 0 Å². The van der Waals surface area contributed by atoms with Crippen LogP contribution in [0.3, 0.4) is 0 Å². The summed E-state index contributed by atoms with van der Waals surface area (Å²) < 4.78 is 0. The van der Waals surface area contributed by atoms with Crippen LogP contribution in [-0.2, 0) is 4.79 Å². The van der Waals surface area contributed by atoms with E-state index in [2.05, 4.69) is 21.7 Å². The normalized spacial score (nSPS) is 37.7. The first-order chi connectivity index (χ1) is 8.65. The fourth-order valence-corrected chi connectivity index (χ4v) is 3.52. The van der Waals surface area contributed by atoms with Gasteiger partial charge in [-0.15, -0.1) is 0 Å². The Kier molecular flexibility index (Phi) is 3.30. The third-order valence-electron chi connectivity index (χ3n) is 4.88. The van der Waals surface area contributed by atoms with E-state index in [-0.39, 0.29) is 5.92 Å². The molecule has 5 nitrogen and oxygen atoms in total. The number of likely N-dealkylation sites (tertiary alicyclic amines) is 1. The van der Waals surface area contributed by atoms with Gasteiger partial charge in [-0.05, 0) is 18.9 Å². The van der Waals surface area contributed by atoms with E-state index in [1.54, 1.807) is 0 Å². The van der Waals surface area contributed by atoms with Crippen molar-refractivity contribution in [2.45, 2.75) is 0 Å². The average Bonchev–Trinajstić information content (AvgIpc) is 2.86. The molecule has 18 heavy (non-hydrogen) atoms. The molecule has 2 saturated heterocycles. The highest BCUT2D eigenvalue weighted by Gasteiger charge is 2.59. The van der Waals surface area contributed by atoms with Crippen molar-refractivity contribution in [1.82, 2.24) is 14.7 Å². The molecular formula is C13H23N3O2. The second kappa shape index (κ2) is 4.79. The molecule has 1 saturated carbocycles. The minimum atomic E-state index is -0.580. The summed E-state index contributed by atoms with van der Waals surface area (Å²) in [5.74, 6) is 0.304. The number of carboxylic acid groups (broad SMARTS) is 1. The zero-order valence-corrected chi connectivity index (χ0v) is 11.1. The second-order valence-corrected chi connectivity index (χ2v) is 6.10. The van der Waals surface area contributed by atoms with Gasteiger partial charge in [-0.25, -0.2) is 0 Å². The molecule has 102 valence electrons. The molecule has 1 N–H and O–H groups in total. The van der Waals surface area contributed by atoms with E-state index < -0.39 is 5.97 Å². The summed E-state index contributed by atoms with van der Waals surface area (Å²) in [5, 5.41) is 8.97. The Morgan fingerprint density at radius 1 is 1.06 bits per heavy atom. The van der Waals surface area contributed by atoms with Gasteiger partial charge >= 0.3 is 5.97 Å². The number of rotatable bonds is 4. The van der Waals surface area contributed by atoms with Crippen LogP contribution in [0.25, 0.3) is 0 Å². The topological polar surface area (TPSA) is 47.0 Å². The number of piperazine rings is 1. The van der Waals surface area contributed by atoms with Crippen LogP contribution >= 0.6 is 0 Å². The van der Waals surface area contributed by atoms with Gasteiger partial charge in [0, 0.05) is 52.4 Å². The van der Waals surface area contributed by atoms with E-state index in [1.807, 2.05) is 0 Å². The van der Waals surface area contributed by atoms with E-state index in [1.165, 1.54) is 26.2 Å². The predicted molar refractivity (Wildman–Crippen MR) is 68.5 cm³/mol. The Balaban J connectivity index is 1.36. The molecule has 0 radical (unpaired) electrons. The number of carbonyl (C=O) groups is 1. The maximum atomic E-state index is 10.9. The molecule has 0 aromatic rings. The van der Waals surface area contributed by atoms with E-state index in [0.717, 1.165) is 26.2 Å². The summed E-state index contributed by atoms with van der Waals surface area (Å²) in [7, 11) is 2.18. The first kappa shape index (κ1) is 12.4. The number of nitrogens with zero attached hydrogens (tertiary/aromatic N) is 3. The minimum Gasteiger partial charge on any atom is -0.481 e. The predicted octanol–water partition coefficient (Wildman–Crippen LogP) is -0.504. The Hall–Kier alpha value is -0.650. The molecule has 0 spiro atoms.